The maximum Gasteiger partial charge on any atom is 0.327 e. The van der Waals surface area contributed by atoms with Crippen LogP contribution in [0.15, 0.2) is 4.99 Å². The standard InChI is InChI=1S/C39H71N15O11S2/c1-20(30(56)50-24(11-7-15-46-39(44)45)34(60)53-27(19-67)38(64)65)47-35(61)26(17-29(43)55)52-33(59)23(9-3-5-13-40)49-31(57)21(2)48-36(62)28-12-8-16-54(28)37(63)25(10-4-6-14-41)51-32(58)22(42)18-66/h20-28,66-67H,3-19,40-42H2,1-2H3,(H2,43,55)(H,47,61)(H,48,62)(H,49,57)(H,50,56)(H,51,58)(H,52,59)(H,53,60)(H,64,65)(H4,44,45,46). The van der Waals surface area contributed by atoms with E-state index in [4.69, 9.17) is 34.4 Å². The summed E-state index contributed by atoms with van der Waals surface area (Å²) in [4.78, 5) is 136. The average Bonchev–Trinajstić information content (AvgIpc) is 3.77. The van der Waals surface area contributed by atoms with Gasteiger partial charge in [0.2, 0.25) is 53.2 Å². The number of carbonyl (C=O) groups excluding carboxylic acids is 9. The fraction of sp³-hybridized carbons (Fsp3) is 0.718. The van der Waals surface area contributed by atoms with Crippen LogP contribution in [0.25, 0.3) is 0 Å². The first kappa shape index (κ1) is 59.6. The molecular weight excluding hydrogens is 919 g/mol. The van der Waals surface area contributed by atoms with Gasteiger partial charge in [0.25, 0.3) is 0 Å². The fourth-order valence-electron chi connectivity index (χ4n) is 6.64. The third kappa shape index (κ3) is 21.8. The number of primary amides is 1. The van der Waals surface area contributed by atoms with E-state index in [1.807, 2.05) is 0 Å². The first-order chi connectivity index (χ1) is 31.6. The number of aliphatic imine (C=N–C) groups is 1. The lowest BCUT2D eigenvalue weighted by atomic mass is 10.1. The zero-order valence-corrected chi connectivity index (χ0v) is 39.8. The summed E-state index contributed by atoms with van der Waals surface area (Å²) in [6.45, 7) is 3.48. The van der Waals surface area contributed by atoms with Crippen molar-refractivity contribution in [2.75, 3.05) is 37.7 Å². The molecule has 1 heterocycles. The van der Waals surface area contributed by atoms with Crippen LogP contribution < -0.4 is 71.6 Å². The van der Waals surface area contributed by atoms with E-state index in [0.29, 0.717) is 38.6 Å². The minimum Gasteiger partial charge on any atom is -0.480 e. The average molecular weight is 990 g/mol. The highest BCUT2D eigenvalue weighted by atomic mass is 32.1. The Morgan fingerprint density at radius 2 is 1.10 bits per heavy atom. The predicted octanol–water partition coefficient (Wildman–Crippen LogP) is -6.13. The topological polar surface area (TPSA) is 447 Å². The Morgan fingerprint density at radius 1 is 0.627 bits per heavy atom. The fourth-order valence-corrected chi connectivity index (χ4v) is 7.05. The highest BCUT2D eigenvalue weighted by Gasteiger charge is 2.39. The van der Waals surface area contributed by atoms with E-state index in [1.165, 1.54) is 18.7 Å². The van der Waals surface area contributed by atoms with Crippen LogP contribution in [0.4, 0.5) is 0 Å². The Labute approximate surface area is 400 Å². The van der Waals surface area contributed by atoms with E-state index in [0.717, 1.165) is 0 Å². The Hall–Kier alpha value is -5.45. The van der Waals surface area contributed by atoms with Crippen LogP contribution in [0.3, 0.4) is 0 Å². The number of nitrogens with one attached hydrogen (secondary N) is 7. The van der Waals surface area contributed by atoms with E-state index in [1.54, 1.807) is 0 Å². The van der Waals surface area contributed by atoms with E-state index in [-0.39, 0.29) is 69.2 Å². The number of hydrogen-bond donors (Lipinski definition) is 16. The molecule has 9 unspecified atom stereocenters. The largest absolute Gasteiger partial charge is 0.480 e. The molecule has 0 saturated carbocycles. The number of nitrogens with two attached hydrogens (primary N) is 6. The lowest BCUT2D eigenvalue weighted by molar-refractivity contribution is -0.142. The molecule has 0 aliphatic carbocycles. The number of likely N-dealkylation sites (tertiary alicyclic amines) is 1. The van der Waals surface area contributed by atoms with Crippen LogP contribution in [-0.4, -0.2) is 167 Å². The lowest BCUT2D eigenvalue weighted by Gasteiger charge is -2.30. The molecule has 9 atom stereocenters. The van der Waals surface area contributed by atoms with Crippen LogP contribution in [0.1, 0.15) is 84.5 Å². The maximum absolute atomic E-state index is 13.7. The van der Waals surface area contributed by atoms with Crippen LogP contribution in [0, 0.1) is 0 Å². The molecule has 28 heteroatoms. The molecule has 1 fully saturated rings. The van der Waals surface area contributed by atoms with Crippen molar-refractivity contribution in [2.45, 2.75) is 139 Å². The van der Waals surface area contributed by atoms with Crippen molar-refractivity contribution in [3.63, 3.8) is 0 Å². The lowest BCUT2D eigenvalue weighted by Crippen LogP contribution is -2.60. The van der Waals surface area contributed by atoms with Crippen molar-refractivity contribution in [1.29, 1.82) is 0 Å². The van der Waals surface area contributed by atoms with Crippen molar-refractivity contribution < 1.29 is 53.1 Å². The molecule has 67 heavy (non-hydrogen) atoms. The highest BCUT2D eigenvalue weighted by molar-refractivity contribution is 7.80. The van der Waals surface area contributed by atoms with Gasteiger partial charge in [0, 0.05) is 24.6 Å². The van der Waals surface area contributed by atoms with E-state index in [2.05, 4.69) is 67.5 Å². The number of aliphatic carboxylic acids is 1. The zero-order valence-electron chi connectivity index (χ0n) is 38.0. The molecule has 0 aromatic heterocycles. The molecule has 1 aliphatic heterocycles. The second kappa shape index (κ2) is 31.5. The van der Waals surface area contributed by atoms with Gasteiger partial charge in [-0.1, -0.05) is 0 Å². The number of nitrogens with zero attached hydrogens (tertiary/aromatic N) is 2. The molecule has 0 spiro atoms. The van der Waals surface area contributed by atoms with Crippen molar-refractivity contribution in [3.8, 4) is 0 Å². The second-order valence-corrected chi connectivity index (χ2v) is 16.7. The van der Waals surface area contributed by atoms with Gasteiger partial charge < -0.3 is 81.6 Å². The SMILES string of the molecule is CC(NC(=O)C(CC(N)=O)NC(=O)C(CCCCN)NC(=O)C(C)NC(=O)C1CCCN1C(=O)C(CCCCN)NC(=O)C(N)CS)C(=O)NC(CCCN=C(N)N)C(=O)NC(CS)C(=O)O. The summed E-state index contributed by atoms with van der Waals surface area (Å²) < 4.78 is 0. The molecule has 1 rings (SSSR count). The van der Waals surface area contributed by atoms with Gasteiger partial charge in [-0.25, -0.2) is 4.79 Å². The van der Waals surface area contributed by atoms with Gasteiger partial charge in [0.1, 0.15) is 48.3 Å². The maximum atomic E-state index is 13.7. The third-order valence-electron chi connectivity index (χ3n) is 10.4. The quantitative estimate of drug-likeness (QED) is 0.0129. The summed E-state index contributed by atoms with van der Waals surface area (Å²) in [6, 6.07) is -11.3. The molecule has 0 radical (unpaired) electrons. The highest BCUT2D eigenvalue weighted by Crippen LogP contribution is 2.20. The van der Waals surface area contributed by atoms with Crippen LogP contribution in [0.5, 0.6) is 0 Å². The summed E-state index contributed by atoms with van der Waals surface area (Å²) in [5.74, 6) is -9.14. The Bertz CT molecular complexity index is 1740. The summed E-state index contributed by atoms with van der Waals surface area (Å²) in [6.07, 6.45) is 2.19. The van der Waals surface area contributed by atoms with Gasteiger partial charge >= 0.3 is 5.97 Å². The summed E-state index contributed by atoms with van der Waals surface area (Å²) in [5.41, 5.74) is 33.2. The number of carboxylic acid groups (broad SMARTS) is 1. The first-order valence-electron chi connectivity index (χ1n) is 22.0. The van der Waals surface area contributed by atoms with Crippen molar-refractivity contribution in [2.24, 2.45) is 39.4 Å². The molecule has 380 valence electrons. The van der Waals surface area contributed by atoms with Gasteiger partial charge in [0.15, 0.2) is 5.96 Å². The van der Waals surface area contributed by atoms with Gasteiger partial charge in [0.05, 0.1) is 12.5 Å². The summed E-state index contributed by atoms with van der Waals surface area (Å²) >= 11 is 7.98. The third-order valence-corrected chi connectivity index (χ3v) is 11.2. The molecule has 0 bridgehead atoms. The molecule has 1 saturated heterocycles. The number of thiol groups is 2. The number of guanidine groups is 1. The molecule has 9 amide bonds. The van der Waals surface area contributed by atoms with Crippen LogP contribution >= 0.6 is 25.3 Å². The normalized spacial score (nSPS) is 16.8. The van der Waals surface area contributed by atoms with E-state index in [9.17, 15) is 53.1 Å². The molecule has 0 aromatic carbocycles. The first-order valence-corrected chi connectivity index (χ1v) is 23.3. The number of unbranched alkanes of at least 4 members (excludes halogenated alkanes) is 2. The van der Waals surface area contributed by atoms with Crippen molar-refractivity contribution in [1.82, 2.24) is 42.1 Å². The molecule has 26 nitrogen and oxygen atoms in total. The van der Waals surface area contributed by atoms with Crippen molar-refractivity contribution >= 4 is 90.4 Å². The molecule has 20 N–H and O–H groups in total. The van der Waals surface area contributed by atoms with E-state index < -0.39 is 120 Å². The van der Waals surface area contributed by atoms with Crippen LogP contribution in [0.2, 0.25) is 0 Å². The minimum atomic E-state index is -1.67. The number of amides is 9. The number of hydrogen-bond acceptors (Lipinski definition) is 16. The number of carboxylic acids is 1. The van der Waals surface area contributed by atoms with Gasteiger partial charge in [-0.3, -0.25) is 48.1 Å². The number of carbonyl (C=O) groups is 10. The van der Waals surface area contributed by atoms with Gasteiger partial charge in [-0.2, -0.15) is 25.3 Å². The minimum absolute atomic E-state index is 0.000789. The smallest absolute Gasteiger partial charge is 0.327 e. The Balaban J connectivity index is 3.16. The Morgan fingerprint density at radius 3 is 1.60 bits per heavy atom. The Kier molecular flexibility index (Phi) is 28.0. The second-order valence-electron chi connectivity index (χ2n) is 16.0. The predicted molar refractivity (Wildman–Crippen MR) is 252 cm³/mol. The summed E-state index contributed by atoms with van der Waals surface area (Å²) in [7, 11) is 0. The monoisotopic (exact) mass is 989 g/mol. The van der Waals surface area contributed by atoms with Crippen LogP contribution in [-0.2, 0) is 47.9 Å². The molecule has 0 aromatic rings. The summed E-state index contributed by atoms with van der Waals surface area (Å²) in [5, 5.41) is 26.6. The van der Waals surface area contributed by atoms with Gasteiger partial charge in [-0.15, -0.1) is 0 Å². The van der Waals surface area contributed by atoms with Gasteiger partial charge in [-0.05, 0) is 91.1 Å². The molecule has 1 aliphatic rings. The zero-order chi connectivity index (χ0) is 50.8. The van der Waals surface area contributed by atoms with E-state index >= 15 is 0 Å². The van der Waals surface area contributed by atoms with Crippen molar-refractivity contribution in [3.05, 3.63) is 0 Å². The number of rotatable bonds is 32. The molecular formula is C39H71N15O11S2.